The van der Waals surface area contributed by atoms with Crippen LogP contribution in [-0.2, 0) is 0 Å². The van der Waals surface area contributed by atoms with E-state index in [1.54, 1.807) is 18.3 Å². The quantitative estimate of drug-likeness (QED) is 0.514. The number of carbonyl (C=O) groups excluding carboxylic acids is 1. The molecule has 0 aliphatic carbocycles. The third kappa shape index (κ3) is 2.74. The zero-order valence-corrected chi connectivity index (χ0v) is 16.5. The van der Waals surface area contributed by atoms with E-state index in [0.717, 1.165) is 22.2 Å². The first-order chi connectivity index (χ1) is 15.5. The van der Waals surface area contributed by atoms with Crippen molar-refractivity contribution in [3.8, 4) is 16.9 Å². The fraction of sp³-hybridized carbons (Fsp3) is 0.174. The summed E-state index contributed by atoms with van der Waals surface area (Å²) in [4.78, 5) is 31.6. The van der Waals surface area contributed by atoms with Crippen LogP contribution in [0.2, 0.25) is 0 Å². The Morgan fingerprint density at radius 2 is 1.94 bits per heavy atom. The highest BCUT2D eigenvalue weighted by atomic mass is 19.3. The van der Waals surface area contributed by atoms with Gasteiger partial charge >= 0.3 is 6.61 Å². The number of H-pyrrole nitrogens is 1. The van der Waals surface area contributed by atoms with Gasteiger partial charge in [0.05, 0.1) is 23.1 Å². The van der Waals surface area contributed by atoms with Crippen molar-refractivity contribution in [2.75, 3.05) is 0 Å². The first-order valence-corrected chi connectivity index (χ1v) is 10.1. The maximum Gasteiger partial charge on any atom is 0.387 e. The van der Waals surface area contributed by atoms with Crippen molar-refractivity contribution in [2.45, 2.75) is 25.1 Å². The molecule has 4 aromatic rings. The van der Waals surface area contributed by atoms with Gasteiger partial charge in [0.2, 0.25) is 5.56 Å². The minimum atomic E-state index is -3.00. The SMILES string of the molecule is O=C1N[C@@H]2C[C@H](c3c(OC(F)F)cccc31)n1c2nc2ccc(-c3ccc(=O)[nH]c3)cc21. The van der Waals surface area contributed by atoms with Crippen LogP contribution in [0, 0.1) is 0 Å². The number of hydrogen-bond acceptors (Lipinski definition) is 4. The molecule has 2 aromatic heterocycles. The van der Waals surface area contributed by atoms with E-state index in [4.69, 9.17) is 9.72 Å². The van der Waals surface area contributed by atoms with E-state index >= 15 is 0 Å². The number of alkyl halides is 2. The lowest BCUT2D eigenvalue weighted by molar-refractivity contribution is -0.0507. The van der Waals surface area contributed by atoms with Crippen LogP contribution in [0.15, 0.2) is 59.5 Å². The fourth-order valence-electron chi connectivity index (χ4n) is 4.78. The van der Waals surface area contributed by atoms with Crippen LogP contribution in [0.5, 0.6) is 5.75 Å². The van der Waals surface area contributed by atoms with Gasteiger partial charge < -0.3 is 19.6 Å². The van der Waals surface area contributed by atoms with E-state index in [1.807, 2.05) is 22.8 Å². The van der Waals surface area contributed by atoms with Crippen LogP contribution in [-0.4, -0.2) is 27.1 Å². The molecule has 32 heavy (non-hydrogen) atoms. The highest BCUT2D eigenvalue weighted by Gasteiger charge is 2.42. The Morgan fingerprint density at radius 1 is 1.09 bits per heavy atom. The van der Waals surface area contributed by atoms with Crippen molar-refractivity contribution in [3.05, 3.63) is 82.0 Å². The molecule has 2 aliphatic rings. The number of hydrogen-bond donors (Lipinski definition) is 2. The van der Waals surface area contributed by atoms with E-state index in [1.165, 1.54) is 18.2 Å². The summed E-state index contributed by atoms with van der Waals surface area (Å²) in [5.74, 6) is 0.332. The van der Waals surface area contributed by atoms with Crippen molar-refractivity contribution in [1.29, 1.82) is 0 Å². The number of benzene rings is 2. The molecule has 2 aromatic carbocycles. The lowest BCUT2D eigenvalue weighted by Gasteiger charge is -2.21. The maximum absolute atomic E-state index is 13.1. The predicted molar refractivity (Wildman–Crippen MR) is 112 cm³/mol. The molecule has 0 fully saturated rings. The summed E-state index contributed by atoms with van der Waals surface area (Å²) >= 11 is 0. The summed E-state index contributed by atoms with van der Waals surface area (Å²) in [6.07, 6.45) is 2.13. The largest absolute Gasteiger partial charge is 0.434 e. The Kier molecular flexibility index (Phi) is 3.95. The smallest absolute Gasteiger partial charge is 0.387 e. The molecule has 6 rings (SSSR count). The van der Waals surface area contributed by atoms with Crippen molar-refractivity contribution in [2.24, 2.45) is 0 Å². The minimum absolute atomic E-state index is 0.00945. The van der Waals surface area contributed by atoms with Gasteiger partial charge in [0.15, 0.2) is 0 Å². The number of aromatic amines is 1. The second-order valence-electron chi connectivity index (χ2n) is 7.86. The fourth-order valence-corrected chi connectivity index (χ4v) is 4.78. The number of rotatable bonds is 3. The number of fused-ring (bicyclic) bond motifs is 9. The first kappa shape index (κ1) is 18.7. The van der Waals surface area contributed by atoms with E-state index in [0.29, 0.717) is 23.4 Å². The first-order valence-electron chi connectivity index (χ1n) is 10.1. The molecular weight excluding hydrogens is 418 g/mol. The zero-order chi connectivity index (χ0) is 22.0. The van der Waals surface area contributed by atoms with Crippen LogP contribution in [0.4, 0.5) is 8.78 Å². The normalized spacial score (nSPS) is 18.9. The lowest BCUT2D eigenvalue weighted by Crippen LogP contribution is -2.28. The van der Waals surface area contributed by atoms with Crippen LogP contribution >= 0.6 is 0 Å². The van der Waals surface area contributed by atoms with Crippen molar-refractivity contribution in [3.63, 3.8) is 0 Å². The molecule has 0 saturated heterocycles. The summed E-state index contributed by atoms with van der Waals surface area (Å²) in [6, 6.07) is 12.8. The average Bonchev–Trinajstić information content (AvgIpc) is 3.26. The molecule has 2 N–H and O–H groups in total. The van der Waals surface area contributed by atoms with Gasteiger partial charge in [-0.1, -0.05) is 12.1 Å². The summed E-state index contributed by atoms with van der Waals surface area (Å²) in [6.45, 7) is -3.00. The van der Waals surface area contributed by atoms with Gasteiger partial charge in [-0.15, -0.1) is 0 Å². The van der Waals surface area contributed by atoms with E-state index in [-0.39, 0.29) is 23.3 Å². The summed E-state index contributed by atoms with van der Waals surface area (Å²) in [5.41, 5.74) is 3.80. The van der Waals surface area contributed by atoms with Crippen LogP contribution < -0.4 is 15.6 Å². The van der Waals surface area contributed by atoms with Gasteiger partial charge in [0.1, 0.15) is 11.6 Å². The van der Waals surface area contributed by atoms with Gasteiger partial charge in [-0.25, -0.2) is 4.98 Å². The number of ether oxygens (including phenoxy) is 1. The summed E-state index contributed by atoms with van der Waals surface area (Å²) in [7, 11) is 0. The molecule has 0 spiro atoms. The number of halogens is 2. The molecule has 9 heteroatoms. The Labute approximate surface area is 179 Å². The molecule has 0 saturated carbocycles. The Hall–Kier alpha value is -4.01. The second-order valence-corrected chi connectivity index (χ2v) is 7.86. The van der Waals surface area contributed by atoms with Crippen molar-refractivity contribution >= 4 is 16.9 Å². The average molecular weight is 434 g/mol. The number of imidazole rings is 1. The van der Waals surface area contributed by atoms with Gasteiger partial charge in [-0.05, 0) is 47.9 Å². The molecule has 1 amide bonds. The summed E-state index contributed by atoms with van der Waals surface area (Å²) in [5, 5.41) is 2.97. The van der Waals surface area contributed by atoms with Gasteiger partial charge in [-0.3, -0.25) is 9.59 Å². The molecule has 4 heterocycles. The third-order valence-electron chi connectivity index (χ3n) is 6.08. The van der Waals surface area contributed by atoms with Gasteiger partial charge in [0, 0.05) is 23.4 Å². The monoisotopic (exact) mass is 434 g/mol. The Balaban J connectivity index is 1.57. The van der Waals surface area contributed by atoms with Crippen LogP contribution in [0.3, 0.4) is 0 Å². The third-order valence-corrected chi connectivity index (χ3v) is 6.08. The number of nitrogens with one attached hydrogen (secondary N) is 2. The number of nitrogens with zero attached hydrogens (tertiary/aromatic N) is 2. The molecule has 2 aliphatic heterocycles. The van der Waals surface area contributed by atoms with Gasteiger partial charge in [-0.2, -0.15) is 8.78 Å². The topological polar surface area (TPSA) is 89.0 Å². The molecule has 2 atom stereocenters. The van der Waals surface area contributed by atoms with Crippen molar-refractivity contribution < 1.29 is 18.3 Å². The van der Waals surface area contributed by atoms with Crippen LogP contribution in [0.1, 0.15) is 40.3 Å². The van der Waals surface area contributed by atoms with Crippen molar-refractivity contribution in [1.82, 2.24) is 19.9 Å². The van der Waals surface area contributed by atoms with Crippen LogP contribution in [0.25, 0.3) is 22.2 Å². The number of aromatic nitrogens is 3. The molecule has 0 unspecified atom stereocenters. The van der Waals surface area contributed by atoms with E-state index in [9.17, 15) is 18.4 Å². The Morgan fingerprint density at radius 3 is 2.72 bits per heavy atom. The minimum Gasteiger partial charge on any atom is -0.434 e. The molecule has 2 bridgehead atoms. The molecule has 0 radical (unpaired) electrons. The highest BCUT2D eigenvalue weighted by molar-refractivity contribution is 5.98. The highest BCUT2D eigenvalue weighted by Crippen LogP contribution is 2.47. The number of amides is 1. The molecule has 7 nitrogen and oxygen atoms in total. The van der Waals surface area contributed by atoms with Gasteiger partial charge in [0.25, 0.3) is 5.91 Å². The molecule has 160 valence electrons. The predicted octanol–water partition coefficient (Wildman–Crippen LogP) is 3.77. The lowest BCUT2D eigenvalue weighted by atomic mass is 9.97. The second kappa shape index (κ2) is 6.74. The number of pyridine rings is 1. The van der Waals surface area contributed by atoms with E-state index < -0.39 is 12.7 Å². The zero-order valence-electron chi connectivity index (χ0n) is 16.5. The maximum atomic E-state index is 13.1. The Bertz CT molecular complexity index is 1440. The number of carbonyl (C=O) groups is 1. The standard InChI is InChI=1S/C23H16F2N4O3/c24-23(25)32-18-3-1-2-13-20(18)17-9-15(28-22(13)31)21-27-14-6-4-11(8-16(14)29(17)21)12-5-7-19(30)26-10-12/h1-8,10,15,17,23H,9H2,(H,26,30)(H,28,31)/t15-,17-/m1/s1. The van der Waals surface area contributed by atoms with E-state index in [2.05, 4.69) is 10.3 Å². The molecular formula is C23H16F2N4O3. The summed E-state index contributed by atoms with van der Waals surface area (Å²) < 4.78 is 33.0.